The van der Waals surface area contributed by atoms with E-state index in [1.165, 1.54) is 36.5 Å². The zero-order valence-electron chi connectivity index (χ0n) is 20.2. The topological polar surface area (TPSA) is 52.6 Å². The quantitative estimate of drug-likeness (QED) is 0.310. The van der Waals surface area contributed by atoms with Crippen molar-refractivity contribution in [3.05, 3.63) is 107 Å². The summed E-state index contributed by atoms with van der Waals surface area (Å²) in [5, 5.41) is 0. The van der Waals surface area contributed by atoms with Crippen molar-refractivity contribution in [2.45, 2.75) is 19.3 Å². The van der Waals surface area contributed by atoms with Crippen molar-refractivity contribution in [2.24, 2.45) is 0 Å². The third kappa shape index (κ3) is 3.62. The minimum atomic E-state index is -0.349. The Labute approximate surface area is 205 Å². The molecule has 4 heteroatoms. The summed E-state index contributed by atoms with van der Waals surface area (Å²) in [4.78, 5) is 24.7. The number of ether oxygens (including phenoxy) is 2. The van der Waals surface area contributed by atoms with Gasteiger partial charge in [0.15, 0.2) is 0 Å². The van der Waals surface area contributed by atoms with Gasteiger partial charge in [-0.1, -0.05) is 74.5 Å². The van der Waals surface area contributed by atoms with Gasteiger partial charge in [-0.15, -0.1) is 0 Å². The molecule has 0 spiro atoms. The molecule has 4 nitrogen and oxygen atoms in total. The van der Waals surface area contributed by atoms with Gasteiger partial charge >= 0.3 is 11.9 Å². The second kappa shape index (κ2) is 8.55. The lowest BCUT2D eigenvalue weighted by Gasteiger charge is -2.23. The van der Waals surface area contributed by atoms with Crippen LogP contribution in [0, 0.1) is 0 Å². The first-order valence-corrected chi connectivity index (χ1v) is 11.5. The number of carbonyl (C=O) groups excluding carboxylic acids is 2. The number of esters is 2. The first kappa shape index (κ1) is 22.6. The molecule has 0 atom stereocenters. The summed E-state index contributed by atoms with van der Waals surface area (Å²) in [6, 6.07) is 27.8. The molecule has 1 aliphatic rings. The van der Waals surface area contributed by atoms with Crippen LogP contribution in [-0.2, 0) is 14.9 Å². The Bertz CT molecular complexity index is 1370. The zero-order chi connectivity index (χ0) is 24.7. The standard InChI is InChI=1S/C31H26O4/c1-31(2)27-17-19(21-9-5-7-11-25(21)29(32)34-3)13-15-23(27)24-16-14-20(18-28(24)31)22-10-6-8-12-26(22)30(33)35-4/h5-18H,1-4H3. The van der Waals surface area contributed by atoms with Crippen molar-refractivity contribution in [3.8, 4) is 33.4 Å². The predicted octanol–water partition coefficient (Wildman–Crippen LogP) is 6.90. The summed E-state index contributed by atoms with van der Waals surface area (Å²) in [7, 11) is 2.80. The number of hydrogen-bond acceptors (Lipinski definition) is 4. The summed E-state index contributed by atoms with van der Waals surface area (Å²) in [6.45, 7) is 4.42. The maximum atomic E-state index is 12.4. The van der Waals surface area contributed by atoms with Gasteiger partial charge in [-0.25, -0.2) is 9.59 Å². The van der Waals surface area contributed by atoms with Crippen LogP contribution in [0.3, 0.4) is 0 Å². The molecule has 0 N–H and O–H groups in total. The van der Waals surface area contributed by atoms with Gasteiger partial charge in [0, 0.05) is 5.41 Å². The Morgan fingerprint density at radius 2 is 0.971 bits per heavy atom. The Kier molecular flexibility index (Phi) is 5.52. The van der Waals surface area contributed by atoms with Crippen LogP contribution in [0.2, 0.25) is 0 Å². The summed E-state index contributed by atoms with van der Waals surface area (Å²) in [5.74, 6) is -0.699. The third-order valence-corrected chi connectivity index (χ3v) is 6.96. The fourth-order valence-corrected chi connectivity index (χ4v) is 5.12. The van der Waals surface area contributed by atoms with Crippen LogP contribution >= 0.6 is 0 Å². The second-order valence-electron chi connectivity index (χ2n) is 9.22. The fraction of sp³-hybridized carbons (Fsp3) is 0.161. The highest BCUT2D eigenvalue weighted by atomic mass is 16.5. The highest BCUT2D eigenvalue weighted by Crippen LogP contribution is 2.50. The largest absolute Gasteiger partial charge is 0.465 e. The minimum absolute atomic E-state index is 0.267. The van der Waals surface area contributed by atoms with Gasteiger partial charge < -0.3 is 9.47 Å². The van der Waals surface area contributed by atoms with Gasteiger partial charge in [-0.2, -0.15) is 0 Å². The first-order chi connectivity index (χ1) is 16.9. The molecule has 4 aromatic carbocycles. The summed E-state index contributed by atoms with van der Waals surface area (Å²) in [6.07, 6.45) is 0. The van der Waals surface area contributed by atoms with Crippen LogP contribution in [0.25, 0.3) is 33.4 Å². The number of rotatable bonds is 4. The molecule has 0 amide bonds. The molecular weight excluding hydrogens is 436 g/mol. The minimum Gasteiger partial charge on any atom is -0.465 e. The smallest absolute Gasteiger partial charge is 0.338 e. The van der Waals surface area contributed by atoms with Crippen molar-refractivity contribution in [1.82, 2.24) is 0 Å². The molecule has 174 valence electrons. The van der Waals surface area contributed by atoms with Crippen LogP contribution in [0.15, 0.2) is 84.9 Å². The Morgan fingerprint density at radius 1 is 0.571 bits per heavy atom. The monoisotopic (exact) mass is 462 g/mol. The van der Waals surface area contributed by atoms with E-state index in [0.717, 1.165) is 22.3 Å². The Morgan fingerprint density at radius 3 is 1.37 bits per heavy atom. The summed E-state index contributed by atoms with van der Waals surface area (Å²) < 4.78 is 10.0. The molecule has 35 heavy (non-hydrogen) atoms. The Hall–Kier alpha value is -4.18. The lowest BCUT2D eigenvalue weighted by molar-refractivity contribution is 0.0592. The fourth-order valence-electron chi connectivity index (χ4n) is 5.12. The van der Waals surface area contributed by atoms with Crippen LogP contribution < -0.4 is 0 Å². The molecule has 0 bridgehead atoms. The maximum Gasteiger partial charge on any atom is 0.338 e. The maximum absolute atomic E-state index is 12.4. The number of methoxy groups -OCH3 is 2. The lowest BCUT2D eigenvalue weighted by Crippen LogP contribution is -2.15. The molecule has 0 unspecified atom stereocenters. The molecule has 4 aromatic rings. The second-order valence-corrected chi connectivity index (χ2v) is 9.22. The summed E-state index contributed by atoms with van der Waals surface area (Å²) >= 11 is 0. The van der Waals surface area contributed by atoms with E-state index in [2.05, 4.69) is 50.2 Å². The number of fused-ring (bicyclic) bond motifs is 3. The van der Waals surface area contributed by atoms with E-state index >= 15 is 0 Å². The Balaban J connectivity index is 1.62. The molecule has 0 radical (unpaired) electrons. The van der Waals surface area contributed by atoms with E-state index in [4.69, 9.17) is 9.47 Å². The first-order valence-electron chi connectivity index (χ1n) is 11.5. The van der Waals surface area contributed by atoms with Crippen molar-refractivity contribution in [2.75, 3.05) is 14.2 Å². The van der Waals surface area contributed by atoms with Gasteiger partial charge in [0.2, 0.25) is 0 Å². The molecule has 0 aliphatic heterocycles. The highest BCUT2D eigenvalue weighted by Gasteiger charge is 2.36. The van der Waals surface area contributed by atoms with Crippen LogP contribution in [0.1, 0.15) is 45.7 Å². The van der Waals surface area contributed by atoms with Crippen LogP contribution in [-0.4, -0.2) is 26.2 Å². The van der Waals surface area contributed by atoms with E-state index in [1.54, 1.807) is 12.1 Å². The van der Waals surface area contributed by atoms with Gasteiger partial charge in [0.1, 0.15) is 0 Å². The number of hydrogen-bond donors (Lipinski definition) is 0. The molecule has 5 rings (SSSR count). The van der Waals surface area contributed by atoms with Crippen LogP contribution in [0.4, 0.5) is 0 Å². The lowest BCUT2D eigenvalue weighted by atomic mass is 9.80. The zero-order valence-corrected chi connectivity index (χ0v) is 20.2. The van der Waals surface area contributed by atoms with E-state index in [9.17, 15) is 9.59 Å². The number of benzene rings is 4. The average molecular weight is 463 g/mol. The van der Waals surface area contributed by atoms with Crippen molar-refractivity contribution in [3.63, 3.8) is 0 Å². The van der Waals surface area contributed by atoms with E-state index in [-0.39, 0.29) is 17.4 Å². The van der Waals surface area contributed by atoms with Crippen LogP contribution in [0.5, 0.6) is 0 Å². The predicted molar refractivity (Wildman–Crippen MR) is 138 cm³/mol. The molecule has 0 fully saturated rings. The van der Waals surface area contributed by atoms with Gasteiger partial charge in [-0.3, -0.25) is 0 Å². The van der Waals surface area contributed by atoms with Crippen molar-refractivity contribution >= 4 is 11.9 Å². The normalized spacial score (nSPS) is 13.0. The van der Waals surface area contributed by atoms with Crippen molar-refractivity contribution < 1.29 is 19.1 Å². The molecule has 0 aromatic heterocycles. The van der Waals surface area contributed by atoms with E-state index < -0.39 is 0 Å². The van der Waals surface area contributed by atoms with E-state index in [0.29, 0.717) is 11.1 Å². The van der Waals surface area contributed by atoms with Crippen molar-refractivity contribution in [1.29, 1.82) is 0 Å². The van der Waals surface area contributed by atoms with Gasteiger partial charge in [0.25, 0.3) is 0 Å². The average Bonchev–Trinajstić information content (AvgIpc) is 3.13. The molecule has 0 heterocycles. The molecule has 1 aliphatic carbocycles. The molecule has 0 saturated carbocycles. The molecule has 0 saturated heterocycles. The van der Waals surface area contributed by atoms with Gasteiger partial charge in [-0.05, 0) is 68.8 Å². The van der Waals surface area contributed by atoms with E-state index in [1.807, 2.05) is 36.4 Å². The summed E-state index contributed by atoms with van der Waals surface area (Å²) in [5.41, 5.74) is 9.22. The molecular formula is C31H26O4. The SMILES string of the molecule is COC(=O)c1ccccc1-c1ccc2c(c1)C(C)(C)c1cc(-c3ccccc3C(=O)OC)ccc1-2. The highest BCUT2D eigenvalue weighted by molar-refractivity contribution is 5.99. The third-order valence-electron chi connectivity index (χ3n) is 6.96. The number of carbonyl (C=O) groups is 2. The van der Waals surface area contributed by atoms with Gasteiger partial charge in [0.05, 0.1) is 25.3 Å².